The van der Waals surface area contributed by atoms with E-state index in [9.17, 15) is 4.39 Å². The van der Waals surface area contributed by atoms with Gasteiger partial charge in [0, 0.05) is 21.1 Å². The second kappa shape index (κ2) is 6.44. The monoisotopic (exact) mass is 425 g/mol. The minimum absolute atomic E-state index is 0.278. The molecule has 2 aromatic carbocycles. The molecule has 0 aliphatic rings. The van der Waals surface area contributed by atoms with E-state index in [1.807, 2.05) is 0 Å². The standard InChI is InChI=1S/C13H8Br2Cl2FN/c14-8-1-2-12(18)7(3-8)6-19-13-10(16)4-9(15)5-11(13)17/h1-5,19H,6H2. The Kier molecular flexibility index (Phi) is 5.12. The summed E-state index contributed by atoms with van der Waals surface area (Å²) in [6.45, 7) is 0.298. The van der Waals surface area contributed by atoms with Crippen LogP contribution < -0.4 is 5.32 Å². The average molecular weight is 428 g/mol. The van der Waals surface area contributed by atoms with Crippen molar-refractivity contribution in [3.8, 4) is 0 Å². The predicted molar refractivity (Wildman–Crippen MR) is 85.6 cm³/mol. The van der Waals surface area contributed by atoms with Crippen molar-refractivity contribution in [3.05, 3.63) is 60.7 Å². The van der Waals surface area contributed by atoms with Crippen LogP contribution in [0.3, 0.4) is 0 Å². The first-order valence-electron chi connectivity index (χ1n) is 5.29. The number of benzene rings is 2. The summed E-state index contributed by atoms with van der Waals surface area (Å²) < 4.78 is 15.2. The Hall–Kier alpha value is -0.290. The van der Waals surface area contributed by atoms with Crippen LogP contribution in [0.2, 0.25) is 10.0 Å². The third-order valence-corrected chi connectivity index (χ3v) is 4.02. The largest absolute Gasteiger partial charge is 0.378 e. The van der Waals surface area contributed by atoms with E-state index in [0.717, 1.165) is 8.95 Å². The molecular weight excluding hydrogens is 420 g/mol. The Balaban J connectivity index is 2.21. The highest BCUT2D eigenvalue weighted by Crippen LogP contribution is 2.34. The summed E-state index contributed by atoms with van der Waals surface area (Å²) in [5.41, 5.74) is 1.12. The molecule has 2 rings (SSSR count). The summed E-state index contributed by atoms with van der Waals surface area (Å²) in [5, 5.41) is 4.01. The third kappa shape index (κ3) is 3.85. The van der Waals surface area contributed by atoms with Crippen LogP contribution in [0.1, 0.15) is 5.56 Å². The van der Waals surface area contributed by atoms with Crippen molar-refractivity contribution in [2.75, 3.05) is 5.32 Å². The first-order valence-corrected chi connectivity index (χ1v) is 7.64. The number of hydrogen-bond acceptors (Lipinski definition) is 1. The van der Waals surface area contributed by atoms with Gasteiger partial charge in [-0.15, -0.1) is 0 Å². The van der Waals surface area contributed by atoms with Crippen LogP contribution in [0.5, 0.6) is 0 Å². The Morgan fingerprint density at radius 3 is 2.26 bits per heavy atom. The molecule has 0 bridgehead atoms. The van der Waals surface area contributed by atoms with Gasteiger partial charge < -0.3 is 5.32 Å². The van der Waals surface area contributed by atoms with Crippen molar-refractivity contribution in [2.45, 2.75) is 6.54 Å². The van der Waals surface area contributed by atoms with E-state index in [0.29, 0.717) is 27.8 Å². The van der Waals surface area contributed by atoms with E-state index in [-0.39, 0.29) is 5.82 Å². The van der Waals surface area contributed by atoms with Gasteiger partial charge in [-0.1, -0.05) is 55.1 Å². The van der Waals surface area contributed by atoms with Crippen molar-refractivity contribution in [3.63, 3.8) is 0 Å². The molecule has 0 saturated heterocycles. The maximum absolute atomic E-state index is 13.6. The molecule has 0 amide bonds. The van der Waals surface area contributed by atoms with Crippen molar-refractivity contribution in [1.29, 1.82) is 0 Å². The minimum atomic E-state index is -0.278. The topological polar surface area (TPSA) is 12.0 Å². The zero-order valence-electron chi connectivity index (χ0n) is 9.48. The molecular formula is C13H8Br2Cl2FN. The van der Waals surface area contributed by atoms with Crippen molar-refractivity contribution in [1.82, 2.24) is 0 Å². The van der Waals surface area contributed by atoms with Crippen LogP contribution in [0.4, 0.5) is 10.1 Å². The first-order chi connectivity index (χ1) is 8.97. The van der Waals surface area contributed by atoms with E-state index < -0.39 is 0 Å². The van der Waals surface area contributed by atoms with Crippen LogP contribution in [-0.4, -0.2) is 0 Å². The summed E-state index contributed by atoms with van der Waals surface area (Å²) in [7, 11) is 0. The molecule has 1 nitrogen and oxygen atoms in total. The Labute approximate surface area is 137 Å². The first kappa shape index (κ1) is 15.1. The average Bonchev–Trinajstić information content (AvgIpc) is 2.32. The highest BCUT2D eigenvalue weighted by Gasteiger charge is 2.09. The van der Waals surface area contributed by atoms with E-state index >= 15 is 0 Å². The maximum atomic E-state index is 13.6. The Bertz CT molecular complexity index is 597. The van der Waals surface area contributed by atoms with E-state index in [2.05, 4.69) is 37.2 Å². The molecule has 0 heterocycles. The lowest BCUT2D eigenvalue weighted by Gasteiger charge is -2.12. The molecule has 0 fully saturated rings. The Morgan fingerprint density at radius 1 is 1.00 bits per heavy atom. The summed E-state index contributed by atoms with van der Waals surface area (Å²) in [6.07, 6.45) is 0. The molecule has 6 heteroatoms. The second-order valence-electron chi connectivity index (χ2n) is 3.83. The van der Waals surface area contributed by atoms with Gasteiger partial charge in [-0.3, -0.25) is 0 Å². The fourth-order valence-electron chi connectivity index (χ4n) is 1.57. The smallest absolute Gasteiger partial charge is 0.128 e. The van der Waals surface area contributed by atoms with Crippen LogP contribution >= 0.6 is 55.1 Å². The predicted octanol–water partition coefficient (Wildman–Crippen LogP) is 6.27. The zero-order chi connectivity index (χ0) is 14.0. The fraction of sp³-hybridized carbons (Fsp3) is 0.0769. The molecule has 2 aromatic rings. The van der Waals surface area contributed by atoms with Crippen molar-refractivity contribution >= 4 is 60.7 Å². The fourth-order valence-corrected chi connectivity index (χ4v) is 3.32. The van der Waals surface area contributed by atoms with Crippen LogP contribution in [0.25, 0.3) is 0 Å². The molecule has 100 valence electrons. The highest BCUT2D eigenvalue weighted by molar-refractivity contribution is 9.10. The highest BCUT2D eigenvalue weighted by atomic mass is 79.9. The van der Waals surface area contributed by atoms with Gasteiger partial charge in [-0.25, -0.2) is 4.39 Å². The molecule has 0 radical (unpaired) electrons. The third-order valence-electron chi connectivity index (χ3n) is 2.47. The van der Waals surface area contributed by atoms with E-state index in [1.54, 1.807) is 24.3 Å². The molecule has 0 spiro atoms. The number of halogens is 5. The van der Waals surface area contributed by atoms with Gasteiger partial charge in [0.2, 0.25) is 0 Å². The number of rotatable bonds is 3. The Morgan fingerprint density at radius 2 is 1.63 bits per heavy atom. The van der Waals surface area contributed by atoms with Crippen LogP contribution in [-0.2, 0) is 6.54 Å². The van der Waals surface area contributed by atoms with Crippen LogP contribution in [0, 0.1) is 5.82 Å². The van der Waals surface area contributed by atoms with Gasteiger partial charge in [0.25, 0.3) is 0 Å². The summed E-state index contributed by atoms with van der Waals surface area (Å²) in [4.78, 5) is 0. The van der Waals surface area contributed by atoms with Crippen LogP contribution in [0.15, 0.2) is 39.3 Å². The number of hydrogen-bond donors (Lipinski definition) is 1. The molecule has 0 saturated carbocycles. The van der Waals surface area contributed by atoms with Crippen molar-refractivity contribution < 1.29 is 4.39 Å². The lowest BCUT2D eigenvalue weighted by Crippen LogP contribution is -2.03. The second-order valence-corrected chi connectivity index (χ2v) is 6.48. The van der Waals surface area contributed by atoms with Gasteiger partial charge in [-0.05, 0) is 30.3 Å². The molecule has 0 aliphatic heterocycles. The van der Waals surface area contributed by atoms with Gasteiger partial charge in [-0.2, -0.15) is 0 Å². The molecule has 0 aromatic heterocycles. The number of nitrogens with one attached hydrogen (secondary N) is 1. The SMILES string of the molecule is Fc1ccc(Br)cc1CNc1c(Cl)cc(Br)cc1Cl. The molecule has 1 N–H and O–H groups in total. The van der Waals surface area contributed by atoms with E-state index in [4.69, 9.17) is 23.2 Å². The summed E-state index contributed by atoms with van der Waals surface area (Å²) >= 11 is 18.8. The van der Waals surface area contributed by atoms with Gasteiger partial charge in [0.05, 0.1) is 15.7 Å². The summed E-state index contributed by atoms with van der Waals surface area (Å²) in [5.74, 6) is -0.278. The maximum Gasteiger partial charge on any atom is 0.128 e. The lowest BCUT2D eigenvalue weighted by atomic mass is 10.2. The molecule has 0 unspecified atom stereocenters. The lowest BCUT2D eigenvalue weighted by molar-refractivity contribution is 0.612. The summed E-state index contributed by atoms with van der Waals surface area (Å²) in [6, 6.07) is 8.23. The molecule has 0 aliphatic carbocycles. The zero-order valence-corrected chi connectivity index (χ0v) is 14.2. The van der Waals surface area contributed by atoms with Crippen molar-refractivity contribution in [2.24, 2.45) is 0 Å². The molecule has 19 heavy (non-hydrogen) atoms. The van der Waals surface area contributed by atoms with Gasteiger partial charge in [0.1, 0.15) is 5.82 Å². The minimum Gasteiger partial charge on any atom is -0.378 e. The number of anilines is 1. The molecule has 0 atom stereocenters. The van der Waals surface area contributed by atoms with E-state index in [1.165, 1.54) is 6.07 Å². The van der Waals surface area contributed by atoms with Gasteiger partial charge >= 0.3 is 0 Å². The van der Waals surface area contributed by atoms with Gasteiger partial charge in [0.15, 0.2) is 0 Å². The normalized spacial score (nSPS) is 10.6. The quantitative estimate of drug-likeness (QED) is 0.608.